The summed E-state index contributed by atoms with van der Waals surface area (Å²) in [5.41, 5.74) is -0.0179. The zero-order valence-corrected chi connectivity index (χ0v) is 15.2. The van der Waals surface area contributed by atoms with Gasteiger partial charge in [0.05, 0.1) is 21.5 Å². The van der Waals surface area contributed by atoms with Crippen molar-refractivity contribution >= 4 is 23.3 Å². The average Bonchev–Trinajstić information content (AvgIpc) is 2.70. The minimum atomic E-state index is -1.30. The number of nitrogens with one attached hydrogen (secondary N) is 1. The molecule has 0 radical (unpaired) electrons. The SMILES string of the molecule is CC(=O)N[C@@H](COC(=O)c1ccc([N+](=O)[O-])cc1)[C@@H](O)c1ccc([N+](=O)[O-])cc1. The van der Waals surface area contributed by atoms with Crippen molar-refractivity contribution in [3.05, 3.63) is 79.9 Å². The van der Waals surface area contributed by atoms with Crippen molar-refractivity contribution in [2.75, 3.05) is 6.61 Å². The molecule has 0 bridgehead atoms. The first-order chi connectivity index (χ1) is 13.7. The molecule has 2 N–H and O–H groups in total. The quantitative estimate of drug-likeness (QED) is 0.383. The molecule has 1 amide bonds. The van der Waals surface area contributed by atoms with E-state index in [4.69, 9.17) is 4.74 Å². The number of rotatable bonds is 8. The summed E-state index contributed by atoms with van der Waals surface area (Å²) in [6.07, 6.45) is -1.30. The first kappa shape index (κ1) is 21.4. The first-order valence-corrected chi connectivity index (χ1v) is 8.30. The maximum Gasteiger partial charge on any atom is 0.338 e. The summed E-state index contributed by atoms with van der Waals surface area (Å²) in [4.78, 5) is 43.7. The Morgan fingerprint density at radius 2 is 1.48 bits per heavy atom. The summed E-state index contributed by atoms with van der Waals surface area (Å²) < 4.78 is 5.10. The van der Waals surface area contributed by atoms with Crippen LogP contribution in [0.2, 0.25) is 0 Å². The summed E-state index contributed by atoms with van der Waals surface area (Å²) in [7, 11) is 0. The Hall–Kier alpha value is -3.86. The van der Waals surface area contributed by atoms with Crippen LogP contribution in [-0.4, -0.2) is 39.5 Å². The number of aliphatic hydroxyl groups is 1. The van der Waals surface area contributed by atoms with Crippen LogP contribution in [0.3, 0.4) is 0 Å². The number of nitrogens with zero attached hydrogens (tertiary/aromatic N) is 2. The summed E-state index contributed by atoms with van der Waals surface area (Å²) in [6.45, 7) is 0.821. The van der Waals surface area contributed by atoms with Crippen molar-refractivity contribution in [3.8, 4) is 0 Å². The minimum Gasteiger partial charge on any atom is -0.460 e. The van der Waals surface area contributed by atoms with Gasteiger partial charge < -0.3 is 15.2 Å². The van der Waals surface area contributed by atoms with Gasteiger partial charge >= 0.3 is 5.97 Å². The second-order valence-corrected chi connectivity index (χ2v) is 6.00. The molecule has 2 aromatic carbocycles. The predicted molar refractivity (Wildman–Crippen MR) is 99.0 cm³/mol. The largest absolute Gasteiger partial charge is 0.460 e. The Kier molecular flexibility index (Phi) is 6.93. The molecular weight excluding hydrogens is 386 g/mol. The fourth-order valence-electron chi connectivity index (χ4n) is 2.47. The molecule has 0 aliphatic carbocycles. The molecule has 152 valence electrons. The van der Waals surface area contributed by atoms with E-state index < -0.39 is 40.5 Å². The number of esters is 1. The van der Waals surface area contributed by atoms with Gasteiger partial charge in [-0.25, -0.2) is 4.79 Å². The van der Waals surface area contributed by atoms with Crippen molar-refractivity contribution < 1.29 is 29.3 Å². The van der Waals surface area contributed by atoms with Crippen LogP contribution < -0.4 is 5.32 Å². The smallest absolute Gasteiger partial charge is 0.338 e. The Balaban J connectivity index is 2.09. The number of non-ortho nitro benzene ring substituents is 2. The molecule has 0 fully saturated rings. The second kappa shape index (κ2) is 9.37. The molecular formula is C18H17N3O8. The highest BCUT2D eigenvalue weighted by Gasteiger charge is 2.24. The third-order valence-corrected chi connectivity index (χ3v) is 3.92. The van der Waals surface area contributed by atoms with Crippen LogP contribution in [0.5, 0.6) is 0 Å². The molecule has 2 atom stereocenters. The zero-order valence-electron chi connectivity index (χ0n) is 15.2. The molecule has 2 aromatic rings. The standard InChI is InChI=1S/C18H17N3O8/c1-11(22)19-16(17(23)12-2-6-14(7-3-12)20(25)26)10-29-18(24)13-4-8-15(9-5-13)21(27)28/h2-9,16-17,23H,10H2,1H3,(H,19,22)/t16-,17-/m0/s1. The van der Waals surface area contributed by atoms with Gasteiger partial charge in [-0.2, -0.15) is 0 Å². The number of amides is 1. The fourth-order valence-corrected chi connectivity index (χ4v) is 2.47. The molecule has 0 unspecified atom stereocenters. The van der Waals surface area contributed by atoms with Gasteiger partial charge in [-0.3, -0.25) is 25.0 Å². The number of hydrogen-bond acceptors (Lipinski definition) is 8. The van der Waals surface area contributed by atoms with Crippen LogP contribution in [0.15, 0.2) is 48.5 Å². The summed E-state index contributed by atoms with van der Waals surface area (Å²) >= 11 is 0. The zero-order chi connectivity index (χ0) is 21.6. The Morgan fingerprint density at radius 3 is 1.93 bits per heavy atom. The molecule has 11 nitrogen and oxygen atoms in total. The van der Waals surface area contributed by atoms with E-state index in [9.17, 15) is 34.9 Å². The summed E-state index contributed by atoms with van der Waals surface area (Å²) in [6, 6.07) is 8.78. The fraction of sp³-hybridized carbons (Fsp3) is 0.222. The number of ether oxygens (including phenoxy) is 1. The van der Waals surface area contributed by atoms with E-state index >= 15 is 0 Å². The van der Waals surface area contributed by atoms with Crippen LogP contribution in [-0.2, 0) is 9.53 Å². The van der Waals surface area contributed by atoms with E-state index in [2.05, 4.69) is 5.32 Å². The molecule has 0 aliphatic heterocycles. The van der Waals surface area contributed by atoms with E-state index in [1.165, 1.54) is 43.3 Å². The Labute approximate surface area is 164 Å². The summed E-state index contributed by atoms with van der Waals surface area (Å²) in [5.74, 6) is -1.28. The molecule has 0 spiro atoms. The van der Waals surface area contributed by atoms with Gasteiger partial charge in [0.15, 0.2) is 0 Å². The van der Waals surface area contributed by atoms with Crippen LogP contribution in [0.1, 0.15) is 28.9 Å². The van der Waals surface area contributed by atoms with E-state index in [1.807, 2.05) is 0 Å². The van der Waals surface area contributed by atoms with Gasteiger partial charge in [-0.15, -0.1) is 0 Å². The highest BCUT2D eigenvalue weighted by molar-refractivity contribution is 5.89. The lowest BCUT2D eigenvalue weighted by atomic mass is 10.0. The van der Waals surface area contributed by atoms with Gasteiger partial charge in [0, 0.05) is 31.2 Å². The van der Waals surface area contributed by atoms with Gasteiger partial charge in [0.1, 0.15) is 12.7 Å². The summed E-state index contributed by atoms with van der Waals surface area (Å²) in [5, 5.41) is 34.3. The van der Waals surface area contributed by atoms with Crippen molar-refractivity contribution in [2.24, 2.45) is 0 Å². The molecule has 0 saturated heterocycles. The van der Waals surface area contributed by atoms with Crippen LogP contribution >= 0.6 is 0 Å². The van der Waals surface area contributed by atoms with Crippen LogP contribution in [0, 0.1) is 20.2 Å². The number of nitro groups is 2. The molecule has 29 heavy (non-hydrogen) atoms. The lowest BCUT2D eigenvalue weighted by molar-refractivity contribution is -0.385. The molecule has 0 aromatic heterocycles. The minimum absolute atomic E-state index is 0.0574. The predicted octanol–water partition coefficient (Wildman–Crippen LogP) is 1.90. The van der Waals surface area contributed by atoms with E-state index in [-0.39, 0.29) is 22.5 Å². The number of hydrogen-bond donors (Lipinski definition) is 2. The Morgan fingerprint density at radius 1 is 1.00 bits per heavy atom. The monoisotopic (exact) mass is 403 g/mol. The lowest BCUT2D eigenvalue weighted by Crippen LogP contribution is -2.42. The maximum absolute atomic E-state index is 12.1. The van der Waals surface area contributed by atoms with Crippen molar-refractivity contribution in [3.63, 3.8) is 0 Å². The van der Waals surface area contributed by atoms with Crippen LogP contribution in [0.25, 0.3) is 0 Å². The van der Waals surface area contributed by atoms with Crippen molar-refractivity contribution in [1.29, 1.82) is 0 Å². The molecule has 2 rings (SSSR count). The Bertz CT molecular complexity index is 912. The van der Waals surface area contributed by atoms with Crippen molar-refractivity contribution in [2.45, 2.75) is 19.1 Å². The molecule has 0 saturated carbocycles. The number of carbonyl (C=O) groups excluding carboxylic acids is 2. The van der Waals surface area contributed by atoms with Gasteiger partial charge in [-0.05, 0) is 29.8 Å². The normalized spacial score (nSPS) is 12.5. The third-order valence-electron chi connectivity index (χ3n) is 3.92. The first-order valence-electron chi connectivity index (χ1n) is 8.30. The third kappa shape index (κ3) is 5.81. The van der Waals surface area contributed by atoms with E-state index in [0.29, 0.717) is 0 Å². The van der Waals surface area contributed by atoms with E-state index in [1.54, 1.807) is 0 Å². The highest BCUT2D eigenvalue weighted by atomic mass is 16.6. The van der Waals surface area contributed by atoms with Gasteiger partial charge in [0.25, 0.3) is 11.4 Å². The van der Waals surface area contributed by atoms with Gasteiger partial charge in [-0.1, -0.05) is 0 Å². The van der Waals surface area contributed by atoms with Gasteiger partial charge in [0.2, 0.25) is 5.91 Å². The topological polar surface area (TPSA) is 162 Å². The van der Waals surface area contributed by atoms with E-state index in [0.717, 1.165) is 12.1 Å². The second-order valence-electron chi connectivity index (χ2n) is 6.00. The highest BCUT2D eigenvalue weighted by Crippen LogP contribution is 2.21. The molecule has 11 heteroatoms. The average molecular weight is 403 g/mol. The lowest BCUT2D eigenvalue weighted by Gasteiger charge is -2.23. The van der Waals surface area contributed by atoms with Crippen LogP contribution in [0.4, 0.5) is 11.4 Å². The number of carbonyl (C=O) groups is 2. The van der Waals surface area contributed by atoms with Crippen molar-refractivity contribution in [1.82, 2.24) is 5.32 Å². The molecule has 0 aliphatic rings. The number of benzene rings is 2. The maximum atomic E-state index is 12.1. The molecule has 0 heterocycles. The number of nitro benzene ring substituents is 2. The number of aliphatic hydroxyl groups excluding tert-OH is 1.